The minimum atomic E-state index is -3.52. The van der Waals surface area contributed by atoms with Crippen LogP contribution < -0.4 is 5.73 Å². The minimum Gasteiger partial charge on any atom is -0.327 e. The Hall–Kier alpha value is -0.270. The third kappa shape index (κ3) is 4.86. The molecule has 2 N–H and O–H groups in total. The van der Waals surface area contributed by atoms with Crippen LogP contribution in [0.25, 0.3) is 0 Å². The first-order chi connectivity index (χ1) is 9.70. The maximum Gasteiger partial charge on any atom is 0.242 e. The number of hydrogen-bond acceptors (Lipinski definition) is 4. The number of thioether (sulfide) groups is 1. The first kappa shape index (κ1) is 18.8. The lowest BCUT2D eigenvalue weighted by atomic mass is 10.0. The van der Waals surface area contributed by atoms with Crippen molar-refractivity contribution in [3.05, 3.63) is 23.2 Å². The number of nitrogens with two attached hydrogens (primary N) is 1. The van der Waals surface area contributed by atoms with Gasteiger partial charge in [0.1, 0.15) is 0 Å². The van der Waals surface area contributed by atoms with Crippen LogP contribution >= 0.6 is 23.4 Å². The van der Waals surface area contributed by atoms with Gasteiger partial charge in [0.2, 0.25) is 10.0 Å². The Bertz CT molecular complexity index is 576. The van der Waals surface area contributed by atoms with Gasteiger partial charge in [-0.1, -0.05) is 25.4 Å². The van der Waals surface area contributed by atoms with E-state index in [0.717, 1.165) is 4.90 Å². The monoisotopic (exact) mass is 350 g/mol. The minimum absolute atomic E-state index is 0.00916. The maximum absolute atomic E-state index is 12.5. The summed E-state index contributed by atoms with van der Waals surface area (Å²) in [6.45, 7) is 4.45. The Morgan fingerprint density at radius 3 is 2.48 bits per heavy atom. The molecule has 0 aliphatic carbocycles. The van der Waals surface area contributed by atoms with Gasteiger partial charge in [0.15, 0.2) is 0 Å². The molecule has 0 fully saturated rings. The molecule has 0 radical (unpaired) electrons. The summed E-state index contributed by atoms with van der Waals surface area (Å²) in [5.41, 5.74) is 5.96. The Morgan fingerprint density at radius 2 is 2.00 bits per heavy atom. The van der Waals surface area contributed by atoms with Gasteiger partial charge in [0.05, 0.1) is 9.92 Å². The molecule has 21 heavy (non-hydrogen) atoms. The van der Waals surface area contributed by atoms with E-state index in [2.05, 4.69) is 0 Å². The lowest BCUT2D eigenvalue weighted by Crippen LogP contribution is -2.34. The van der Waals surface area contributed by atoms with E-state index in [4.69, 9.17) is 17.3 Å². The fourth-order valence-electron chi connectivity index (χ4n) is 1.77. The summed E-state index contributed by atoms with van der Waals surface area (Å²) in [4.78, 5) is 1.08. The Balaban J connectivity index is 2.87. The van der Waals surface area contributed by atoms with E-state index in [1.165, 1.54) is 22.1 Å². The van der Waals surface area contributed by atoms with Crippen LogP contribution in [0.2, 0.25) is 5.02 Å². The summed E-state index contributed by atoms with van der Waals surface area (Å²) < 4.78 is 26.3. The molecule has 120 valence electrons. The first-order valence-electron chi connectivity index (χ1n) is 6.75. The second kappa shape index (κ2) is 7.83. The van der Waals surface area contributed by atoms with Crippen LogP contribution in [0.4, 0.5) is 0 Å². The molecule has 0 saturated carbocycles. The van der Waals surface area contributed by atoms with E-state index in [-0.39, 0.29) is 10.9 Å². The van der Waals surface area contributed by atoms with Crippen molar-refractivity contribution in [3.8, 4) is 0 Å². The number of rotatable bonds is 7. The number of halogens is 1. The molecule has 0 spiro atoms. The molecule has 1 aromatic rings. The summed E-state index contributed by atoms with van der Waals surface area (Å²) in [5.74, 6) is 0.330. The molecule has 1 unspecified atom stereocenters. The third-order valence-electron chi connectivity index (χ3n) is 3.47. The topological polar surface area (TPSA) is 63.4 Å². The van der Waals surface area contributed by atoms with Gasteiger partial charge < -0.3 is 5.73 Å². The van der Waals surface area contributed by atoms with Crippen LogP contribution in [-0.4, -0.2) is 38.6 Å². The van der Waals surface area contributed by atoms with Crippen molar-refractivity contribution in [2.75, 3.05) is 19.8 Å². The highest BCUT2D eigenvalue weighted by Crippen LogP contribution is 2.28. The molecular weight excluding hydrogens is 328 g/mol. The SMILES string of the molecule is CSc1ccc(S(=O)(=O)N(C)CCC(N)C(C)C)cc1Cl. The second-order valence-electron chi connectivity index (χ2n) is 5.32. The molecular formula is C14H23ClN2O2S2. The summed E-state index contributed by atoms with van der Waals surface area (Å²) in [6.07, 6.45) is 2.53. The fraction of sp³-hybridized carbons (Fsp3) is 0.571. The van der Waals surface area contributed by atoms with Crippen molar-refractivity contribution in [1.82, 2.24) is 4.31 Å². The van der Waals surface area contributed by atoms with E-state index in [9.17, 15) is 8.42 Å². The second-order valence-corrected chi connectivity index (χ2v) is 8.62. The zero-order valence-corrected chi connectivity index (χ0v) is 15.2. The predicted octanol–water partition coefficient (Wildman–Crippen LogP) is 3.06. The van der Waals surface area contributed by atoms with Gasteiger partial charge in [0, 0.05) is 24.5 Å². The molecule has 1 atom stereocenters. The average Bonchev–Trinajstić information content (AvgIpc) is 2.43. The summed E-state index contributed by atoms with van der Waals surface area (Å²) in [7, 11) is -1.96. The summed E-state index contributed by atoms with van der Waals surface area (Å²) in [6, 6.07) is 4.81. The zero-order valence-electron chi connectivity index (χ0n) is 12.8. The number of nitrogens with zero attached hydrogens (tertiary/aromatic N) is 1. The van der Waals surface area contributed by atoms with E-state index in [1.54, 1.807) is 19.2 Å². The fourth-order valence-corrected chi connectivity index (χ4v) is 3.92. The molecule has 0 aliphatic rings. The van der Waals surface area contributed by atoms with Crippen molar-refractivity contribution in [2.24, 2.45) is 11.7 Å². The van der Waals surface area contributed by atoms with Crippen molar-refractivity contribution < 1.29 is 8.42 Å². The Kier molecular flexibility index (Phi) is 7.00. The third-order valence-corrected chi connectivity index (χ3v) is 6.54. The van der Waals surface area contributed by atoms with Crippen molar-refractivity contribution in [3.63, 3.8) is 0 Å². The molecule has 7 heteroatoms. The summed E-state index contributed by atoms with van der Waals surface area (Å²) in [5, 5.41) is 0.454. The Labute approximate surface area is 137 Å². The molecule has 1 rings (SSSR count). The highest BCUT2D eigenvalue weighted by molar-refractivity contribution is 7.98. The smallest absolute Gasteiger partial charge is 0.242 e. The predicted molar refractivity (Wildman–Crippen MR) is 90.5 cm³/mol. The number of hydrogen-bond donors (Lipinski definition) is 1. The highest BCUT2D eigenvalue weighted by atomic mass is 35.5. The van der Waals surface area contributed by atoms with Crippen LogP contribution in [-0.2, 0) is 10.0 Å². The van der Waals surface area contributed by atoms with Crippen molar-refractivity contribution in [2.45, 2.75) is 36.1 Å². The van der Waals surface area contributed by atoms with E-state index < -0.39 is 10.0 Å². The van der Waals surface area contributed by atoms with Crippen LogP contribution in [0.5, 0.6) is 0 Å². The van der Waals surface area contributed by atoms with Crippen molar-refractivity contribution >= 4 is 33.4 Å². The molecule has 0 aliphatic heterocycles. The van der Waals surface area contributed by atoms with Gasteiger partial charge in [-0.05, 0) is 36.8 Å². The quantitative estimate of drug-likeness (QED) is 0.767. The van der Waals surface area contributed by atoms with Gasteiger partial charge >= 0.3 is 0 Å². The van der Waals surface area contributed by atoms with Gasteiger partial charge in [-0.15, -0.1) is 11.8 Å². The number of sulfonamides is 1. The van der Waals surface area contributed by atoms with Crippen LogP contribution in [0.15, 0.2) is 28.0 Å². The molecule has 1 aromatic carbocycles. The van der Waals surface area contributed by atoms with E-state index in [0.29, 0.717) is 23.9 Å². The van der Waals surface area contributed by atoms with Gasteiger partial charge in [-0.25, -0.2) is 12.7 Å². The Morgan fingerprint density at radius 1 is 1.38 bits per heavy atom. The standard InChI is InChI=1S/C14H23ClN2O2S2/c1-10(2)13(16)7-8-17(3)21(18,19)11-5-6-14(20-4)12(15)9-11/h5-6,9-10,13H,7-8,16H2,1-4H3. The van der Waals surface area contributed by atoms with Gasteiger partial charge in [-0.2, -0.15) is 0 Å². The molecule has 0 bridgehead atoms. The first-order valence-corrected chi connectivity index (χ1v) is 9.80. The van der Waals surface area contributed by atoms with E-state index >= 15 is 0 Å². The maximum atomic E-state index is 12.5. The van der Waals surface area contributed by atoms with E-state index in [1.807, 2.05) is 20.1 Å². The summed E-state index contributed by atoms with van der Waals surface area (Å²) >= 11 is 7.57. The normalized spacial score (nSPS) is 13.9. The average molecular weight is 351 g/mol. The number of benzene rings is 1. The zero-order chi connectivity index (χ0) is 16.2. The van der Waals surface area contributed by atoms with Gasteiger partial charge in [-0.3, -0.25) is 0 Å². The lowest BCUT2D eigenvalue weighted by molar-refractivity contribution is 0.397. The molecule has 0 amide bonds. The lowest BCUT2D eigenvalue weighted by Gasteiger charge is -2.21. The highest BCUT2D eigenvalue weighted by Gasteiger charge is 2.22. The van der Waals surface area contributed by atoms with Crippen LogP contribution in [0.1, 0.15) is 20.3 Å². The van der Waals surface area contributed by atoms with Gasteiger partial charge in [0.25, 0.3) is 0 Å². The molecule has 0 saturated heterocycles. The molecule has 0 aromatic heterocycles. The largest absolute Gasteiger partial charge is 0.327 e. The van der Waals surface area contributed by atoms with Crippen LogP contribution in [0, 0.1) is 5.92 Å². The molecule has 0 heterocycles. The van der Waals surface area contributed by atoms with Crippen LogP contribution in [0.3, 0.4) is 0 Å². The van der Waals surface area contributed by atoms with Crippen molar-refractivity contribution in [1.29, 1.82) is 0 Å². The molecule has 4 nitrogen and oxygen atoms in total.